The third-order valence-electron chi connectivity index (χ3n) is 3.88. The molecule has 2 aliphatic rings. The molecule has 1 aromatic carbocycles. The van der Waals surface area contributed by atoms with Crippen LogP contribution in [0.1, 0.15) is 11.9 Å². The Morgan fingerprint density at radius 2 is 1.86 bits per heavy atom. The molecule has 0 bridgehead atoms. The van der Waals surface area contributed by atoms with Gasteiger partial charge in [-0.25, -0.2) is 0 Å². The molecule has 1 aromatic rings. The van der Waals surface area contributed by atoms with Crippen LogP contribution >= 0.6 is 0 Å². The predicted octanol–water partition coefficient (Wildman–Crippen LogP) is 0.848. The van der Waals surface area contributed by atoms with Gasteiger partial charge in [0, 0.05) is 19.8 Å². The van der Waals surface area contributed by atoms with Gasteiger partial charge < -0.3 is 28.8 Å². The average Bonchev–Trinajstić information content (AvgIpc) is 2.54. The van der Waals surface area contributed by atoms with Crippen molar-refractivity contribution < 1.29 is 28.8 Å². The summed E-state index contributed by atoms with van der Waals surface area (Å²) in [5.41, 5.74) is 0.925. The Hall–Kier alpha value is -1.02. The van der Waals surface area contributed by atoms with Crippen molar-refractivity contribution in [1.82, 2.24) is 0 Å². The van der Waals surface area contributed by atoms with Gasteiger partial charge in [-0.05, 0) is 0 Å². The summed E-state index contributed by atoms with van der Waals surface area (Å²) in [5, 5.41) is 10.2. The first-order chi connectivity index (χ1) is 10.2. The van der Waals surface area contributed by atoms with Crippen LogP contribution in [0.5, 0.6) is 0 Å². The highest BCUT2D eigenvalue weighted by atomic mass is 16.8. The molecule has 21 heavy (non-hydrogen) atoms. The van der Waals surface area contributed by atoms with Gasteiger partial charge in [-0.3, -0.25) is 0 Å². The second kappa shape index (κ2) is 6.39. The Labute approximate surface area is 123 Å². The largest absolute Gasteiger partial charge is 0.385 e. The molecule has 1 N–H and O–H groups in total. The highest BCUT2D eigenvalue weighted by Crippen LogP contribution is 2.35. The summed E-state index contributed by atoms with van der Waals surface area (Å²) in [7, 11) is 3.03. The van der Waals surface area contributed by atoms with Gasteiger partial charge in [0.1, 0.15) is 24.4 Å². The molecule has 6 atom stereocenters. The zero-order valence-electron chi connectivity index (χ0n) is 12.0. The van der Waals surface area contributed by atoms with E-state index in [0.29, 0.717) is 6.61 Å². The van der Waals surface area contributed by atoms with E-state index >= 15 is 0 Å². The van der Waals surface area contributed by atoms with E-state index in [-0.39, 0.29) is 6.10 Å². The van der Waals surface area contributed by atoms with Crippen molar-refractivity contribution in [1.29, 1.82) is 0 Å². The number of fused-ring (bicyclic) bond motifs is 1. The SMILES string of the molecule is CO[C@H]1O[C@H]2CO[C@H](c3ccccc3)O[C@H]2[C@@H](OC)[C@H]1O. The molecule has 0 spiro atoms. The highest BCUT2D eigenvalue weighted by Gasteiger charge is 2.49. The maximum absolute atomic E-state index is 10.2. The minimum atomic E-state index is -0.907. The molecule has 0 radical (unpaired) electrons. The minimum absolute atomic E-state index is 0.330. The fourth-order valence-electron chi connectivity index (χ4n) is 2.81. The molecular weight excluding hydrogens is 276 g/mol. The van der Waals surface area contributed by atoms with Gasteiger partial charge in [0.15, 0.2) is 12.6 Å². The maximum atomic E-state index is 10.2. The van der Waals surface area contributed by atoms with Crippen LogP contribution < -0.4 is 0 Å². The second-order valence-corrected chi connectivity index (χ2v) is 5.15. The number of hydrogen-bond acceptors (Lipinski definition) is 6. The number of aliphatic hydroxyl groups is 1. The molecular formula is C15H20O6. The summed E-state index contributed by atoms with van der Waals surface area (Å²) in [6.45, 7) is 0.358. The minimum Gasteiger partial charge on any atom is -0.385 e. The van der Waals surface area contributed by atoms with Gasteiger partial charge in [-0.15, -0.1) is 0 Å². The lowest BCUT2D eigenvalue weighted by Gasteiger charge is -2.47. The average molecular weight is 296 g/mol. The summed E-state index contributed by atoms with van der Waals surface area (Å²) in [6, 6.07) is 9.66. The number of aliphatic hydroxyl groups excluding tert-OH is 1. The lowest BCUT2D eigenvalue weighted by atomic mass is 9.97. The molecule has 116 valence electrons. The topological polar surface area (TPSA) is 66.4 Å². The Morgan fingerprint density at radius 1 is 1.10 bits per heavy atom. The van der Waals surface area contributed by atoms with Crippen LogP contribution in [0.15, 0.2) is 30.3 Å². The fraction of sp³-hybridized carbons (Fsp3) is 0.600. The van der Waals surface area contributed by atoms with E-state index < -0.39 is 30.9 Å². The lowest BCUT2D eigenvalue weighted by Crippen LogP contribution is -2.62. The van der Waals surface area contributed by atoms with Gasteiger partial charge in [0.2, 0.25) is 0 Å². The van der Waals surface area contributed by atoms with Crippen molar-refractivity contribution in [3.8, 4) is 0 Å². The smallest absolute Gasteiger partial charge is 0.186 e. The number of hydrogen-bond donors (Lipinski definition) is 1. The number of benzene rings is 1. The predicted molar refractivity (Wildman–Crippen MR) is 72.5 cm³/mol. The first-order valence-corrected chi connectivity index (χ1v) is 6.95. The molecule has 3 rings (SSSR count). The summed E-state index contributed by atoms with van der Waals surface area (Å²) in [4.78, 5) is 0. The number of ether oxygens (including phenoxy) is 5. The van der Waals surface area contributed by atoms with E-state index in [1.807, 2.05) is 30.3 Å². The van der Waals surface area contributed by atoms with Gasteiger partial charge in [-0.1, -0.05) is 30.3 Å². The Kier molecular flexibility index (Phi) is 4.54. The van der Waals surface area contributed by atoms with Crippen LogP contribution in [-0.2, 0) is 23.7 Å². The van der Waals surface area contributed by atoms with E-state index in [0.717, 1.165) is 5.56 Å². The summed E-state index contributed by atoms with van der Waals surface area (Å²) in [6.07, 6.45) is -3.39. The summed E-state index contributed by atoms with van der Waals surface area (Å²) < 4.78 is 27.9. The lowest BCUT2D eigenvalue weighted by molar-refractivity contribution is -0.360. The van der Waals surface area contributed by atoms with Crippen molar-refractivity contribution in [2.75, 3.05) is 20.8 Å². The molecule has 0 aromatic heterocycles. The highest BCUT2D eigenvalue weighted by molar-refractivity contribution is 5.16. The third kappa shape index (κ3) is 2.83. The molecule has 0 amide bonds. The summed E-state index contributed by atoms with van der Waals surface area (Å²) >= 11 is 0. The van der Waals surface area contributed by atoms with Crippen molar-refractivity contribution in [3.05, 3.63) is 35.9 Å². The van der Waals surface area contributed by atoms with Crippen LogP contribution in [0.4, 0.5) is 0 Å². The van der Waals surface area contributed by atoms with Crippen molar-refractivity contribution in [2.24, 2.45) is 0 Å². The Morgan fingerprint density at radius 3 is 2.52 bits per heavy atom. The van der Waals surface area contributed by atoms with Gasteiger partial charge in [0.25, 0.3) is 0 Å². The molecule has 2 saturated heterocycles. The molecule has 6 nitrogen and oxygen atoms in total. The van der Waals surface area contributed by atoms with Crippen molar-refractivity contribution >= 4 is 0 Å². The molecule has 0 saturated carbocycles. The first-order valence-electron chi connectivity index (χ1n) is 6.95. The van der Waals surface area contributed by atoms with E-state index in [1.54, 1.807) is 7.11 Å². The second-order valence-electron chi connectivity index (χ2n) is 5.15. The molecule has 0 aliphatic carbocycles. The molecule has 0 unspecified atom stereocenters. The van der Waals surface area contributed by atoms with E-state index in [9.17, 15) is 5.11 Å². The standard InChI is InChI=1S/C15H20O6/c1-17-13-11(16)15(18-2)20-10-8-19-14(21-12(10)13)9-6-4-3-5-7-9/h3-7,10-16H,8H2,1-2H3/t10-,11+,12+,13-,14-,15-/m0/s1. The third-order valence-corrected chi connectivity index (χ3v) is 3.88. The molecule has 2 aliphatic heterocycles. The van der Waals surface area contributed by atoms with Gasteiger partial charge in [-0.2, -0.15) is 0 Å². The van der Waals surface area contributed by atoms with E-state index in [1.165, 1.54) is 7.11 Å². The van der Waals surface area contributed by atoms with Crippen LogP contribution in [0.3, 0.4) is 0 Å². The summed E-state index contributed by atoms with van der Waals surface area (Å²) in [5.74, 6) is 0. The normalized spacial score (nSPS) is 39.8. The van der Waals surface area contributed by atoms with Crippen molar-refractivity contribution in [3.63, 3.8) is 0 Å². The zero-order chi connectivity index (χ0) is 14.8. The fourth-order valence-corrected chi connectivity index (χ4v) is 2.81. The van der Waals surface area contributed by atoms with Crippen LogP contribution in [0.2, 0.25) is 0 Å². The van der Waals surface area contributed by atoms with E-state index in [4.69, 9.17) is 23.7 Å². The van der Waals surface area contributed by atoms with Crippen LogP contribution in [0.25, 0.3) is 0 Å². The monoisotopic (exact) mass is 296 g/mol. The Balaban J connectivity index is 1.77. The van der Waals surface area contributed by atoms with Crippen molar-refractivity contribution in [2.45, 2.75) is 37.0 Å². The van der Waals surface area contributed by atoms with Gasteiger partial charge in [0.05, 0.1) is 6.61 Å². The van der Waals surface area contributed by atoms with Gasteiger partial charge >= 0.3 is 0 Å². The quantitative estimate of drug-likeness (QED) is 0.892. The van der Waals surface area contributed by atoms with Crippen LogP contribution in [0, 0.1) is 0 Å². The first kappa shape index (κ1) is 14.9. The van der Waals surface area contributed by atoms with E-state index in [2.05, 4.69) is 0 Å². The van der Waals surface area contributed by atoms with Crippen LogP contribution in [-0.4, -0.2) is 56.6 Å². The molecule has 2 fully saturated rings. The maximum Gasteiger partial charge on any atom is 0.186 e. The number of methoxy groups -OCH3 is 2. The molecule has 2 heterocycles. The Bertz CT molecular complexity index is 453. The zero-order valence-corrected chi connectivity index (χ0v) is 12.0. The molecule has 6 heteroatoms. The number of rotatable bonds is 3.